The van der Waals surface area contributed by atoms with Crippen molar-refractivity contribution in [3.63, 3.8) is 0 Å². The molecule has 0 saturated carbocycles. The van der Waals surface area contributed by atoms with Crippen LogP contribution in [-0.4, -0.2) is 5.97 Å². The van der Waals surface area contributed by atoms with Crippen LogP contribution < -0.4 is 4.74 Å². The van der Waals surface area contributed by atoms with Gasteiger partial charge in [-0.1, -0.05) is 27.7 Å². The molecule has 17 heavy (non-hydrogen) atoms. The first kappa shape index (κ1) is 13.8. The van der Waals surface area contributed by atoms with Gasteiger partial charge in [0.05, 0.1) is 0 Å². The summed E-state index contributed by atoms with van der Waals surface area (Å²) >= 11 is 0. The number of carbonyl (C=O) groups excluding carboxylic acids is 1. The Balaban J connectivity index is 3.31. The molecule has 0 spiro atoms. The first-order valence-corrected chi connectivity index (χ1v) is 6.15. The molecule has 0 aliphatic heterocycles. The van der Waals surface area contributed by atoms with Crippen LogP contribution in [0.25, 0.3) is 0 Å². The predicted molar refractivity (Wildman–Crippen MR) is 70.7 cm³/mol. The second-order valence-electron chi connectivity index (χ2n) is 5.13. The lowest BCUT2D eigenvalue weighted by Crippen LogP contribution is -2.05. The fourth-order valence-electron chi connectivity index (χ4n) is 2.16. The average Bonchev–Trinajstić information content (AvgIpc) is 2.18. The molecule has 0 radical (unpaired) electrons. The Bertz CT molecular complexity index is 388. The van der Waals surface area contributed by atoms with Gasteiger partial charge in [0.1, 0.15) is 5.75 Å². The molecule has 0 aliphatic carbocycles. The van der Waals surface area contributed by atoms with Crippen molar-refractivity contribution < 1.29 is 9.53 Å². The monoisotopic (exact) mass is 234 g/mol. The van der Waals surface area contributed by atoms with Crippen molar-refractivity contribution in [2.45, 2.75) is 53.4 Å². The van der Waals surface area contributed by atoms with Gasteiger partial charge in [-0.2, -0.15) is 0 Å². The van der Waals surface area contributed by atoms with E-state index in [2.05, 4.69) is 34.6 Å². The molecule has 0 bridgehead atoms. The third-order valence-corrected chi connectivity index (χ3v) is 2.97. The third kappa shape index (κ3) is 3.32. The average molecular weight is 234 g/mol. The fraction of sp³-hybridized carbons (Fsp3) is 0.533. The Morgan fingerprint density at radius 2 is 1.47 bits per heavy atom. The lowest BCUT2D eigenvalue weighted by atomic mass is 9.89. The summed E-state index contributed by atoms with van der Waals surface area (Å²) in [5.74, 6) is 1.26. The molecule has 0 aromatic heterocycles. The number of benzene rings is 1. The molecule has 0 saturated heterocycles. The molecule has 1 aromatic carbocycles. The highest BCUT2D eigenvalue weighted by Crippen LogP contribution is 2.31. The quantitative estimate of drug-likeness (QED) is 0.579. The molecule has 0 amide bonds. The van der Waals surface area contributed by atoms with E-state index in [4.69, 9.17) is 4.74 Å². The van der Waals surface area contributed by atoms with E-state index < -0.39 is 0 Å². The van der Waals surface area contributed by atoms with Gasteiger partial charge in [0.15, 0.2) is 0 Å². The van der Waals surface area contributed by atoms with E-state index in [0.29, 0.717) is 17.6 Å². The minimum atomic E-state index is -0.265. The van der Waals surface area contributed by atoms with Gasteiger partial charge < -0.3 is 4.74 Å². The van der Waals surface area contributed by atoms with Gasteiger partial charge in [0, 0.05) is 6.92 Å². The summed E-state index contributed by atoms with van der Waals surface area (Å²) in [4.78, 5) is 11.0. The van der Waals surface area contributed by atoms with E-state index in [0.717, 1.165) is 0 Å². The largest absolute Gasteiger partial charge is 0.427 e. The van der Waals surface area contributed by atoms with Crippen LogP contribution in [0.15, 0.2) is 12.1 Å². The molecule has 2 nitrogen and oxygen atoms in total. The fourth-order valence-corrected chi connectivity index (χ4v) is 2.16. The van der Waals surface area contributed by atoms with E-state index in [1.165, 1.54) is 23.6 Å². The van der Waals surface area contributed by atoms with Crippen molar-refractivity contribution in [2.24, 2.45) is 0 Å². The minimum Gasteiger partial charge on any atom is -0.427 e. The number of ether oxygens (including phenoxy) is 1. The highest BCUT2D eigenvalue weighted by atomic mass is 16.5. The van der Waals surface area contributed by atoms with Gasteiger partial charge in [-0.05, 0) is 47.6 Å². The Hall–Kier alpha value is -1.31. The Labute approximate surface area is 104 Å². The van der Waals surface area contributed by atoms with Crippen LogP contribution in [0.1, 0.15) is 63.1 Å². The van der Waals surface area contributed by atoms with Crippen molar-refractivity contribution in [3.05, 3.63) is 28.8 Å². The predicted octanol–water partition coefficient (Wildman–Crippen LogP) is 4.17. The molecule has 0 atom stereocenters. The highest BCUT2D eigenvalue weighted by Gasteiger charge is 2.13. The first-order valence-electron chi connectivity index (χ1n) is 6.15. The molecule has 0 unspecified atom stereocenters. The molecular formula is C15H22O2. The molecule has 2 heteroatoms. The first-order chi connectivity index (χ1) is 7.82. The maximum Gasteiger partial charge on any atom is 0.308 e. The zero-order valence-electron chi connectivity index (χ0n) is 11.6. The van der Waals surface area contributed by atoms with E-state index in [9.17, 15) is 4.79 Å². The van der Waals surface area contributed by atoms with Crippen molar-refractivity contribution in [3.8, 4) is 5.75 Å². The smallest absolute Gasteiger partial charge is 0.308 e. The summed E-state index contributed by atoms with van der Waals surface area (Å²) in [6, 6.07) is 3.96. The van der Waals surface area contributed by atoms with Crippen molar-refractivity contribution in [2.75, 3.05) is 0 Å². The van der Waals surface area contributed by atoms with Crippen LogP contribution in [0.5, 0.6) is 5.75 Å². The molecular weight excluding hydrogens is 212 g/mol. The van der Waals surface area contributed by atoms with Gasteiger partial charge >= 0.3 is 5.97 Å². The Morgan fingerprint density at radius 3 is 1.76 bits per heavy atom. The molecule has 94 valence electrons. The van der Waals surface area contributed by atoms with Gasteiger partial charge in [-0.3, -0.25) is 4.79 Å². The van der Waals surface area contributed by atoms with Crippen LogP contribution >= 0.6 is 0 Å². The lowest BCUT2D eigenvalue weighted by Gasteiger charge is -2.18. The zero-order chi connectivity index (χ0) is 13.2. The topological polar surface area (TPSA) is 26.3 Å². The maximum atomic E-state index is 11.0. The van der Waals surface area contributed by atoms with E-state index in [1.807, 2.05) is 12.1 Å². The number of carbonyl (C=O) groups is 1. The number of esters is 1. The molecule has 0 heterocycles. The third-order valence-electron chi connectivity index (χ3n) is 2.97. The van der Waals surface area contributed by atoms with Crippen LogP contribution in [0.2, 0.25) is 0 Å². The zero-order valence-corrected chi connectivity index (χ0v) is 11.6. The van der Waals surface area contributed by atoms with Gasteiger partial charge in [0.25, 0.3) is 0 Å². The Morgan fingerprint density at radius 1 is 1.06 bits per heavy atom. The molecule has 0 N–H and O–H groups in total. The van der Waals surface area contributed by atoms with Crippen LogP contribution in [0, 0.1) is 6.92 Å². The summed E-state index contributed by atoms with van der Waals surface area (Å²) in [5.41, 5.74) is 3.82. The molecule has 0 aliphatic rings. The van der Waals surface area contributed by atoms with Gasteiger partial charge in [0.2, 0.25) is 0 Å². The summed E-state index contributed by atoms with van der Waals surface area (Å²) in [5, 5.41) is 0. The highest BCUT2D eigenvalue weighted by molar-refractivity contribution is 5.69. The second-order valence-corrected chi connectivity index (χ2v) is 5.13. The molecule has 1 aromatic rings. The minimum absolute atomic E-state index is 0.265. The van der Waals surface area contributed by atoms with Crippen molar-refractivity contribution >= 4 is 5.97 Å². The van der Waals surface area contributed by atoms with Gasteiger partial charge in [-0.25, -0.2) is 0 Å². The molecule has 0 fully saturated rings. The maximum absolute atomic E-state index is 11.0. The number of hydrogen-bond acceptors (Lipinski definition) is 2. The van der Waals surface area contributed by atoms with Gasteiger partial charge in [-0.15, -0.1) is 0 Å². The standard InChI is InChI=1S/C15H22O2/c1-9(2)14-7-13(17-12(6)16)8-15(10(3)4)11(14)5/h7-10H,1-6H3. The normalized spacial score (nSPS) is 11.1. The SMILES string of the molecule is CC(=O)Oc1cc(C(C)C)c(C)c(C(C)C)c1. The number of hydrogen-bond donors (Lipinski definition) is 0. The second kappa shape index (κ2) is 5.35. The summed E-state index contributed by atoms with van der Waals surface area (Å²) in [6.45, 7) is 12.2. The number of rotatable bonds is 3. The Kier molecular flexibility index (Phi) is 4.33. The van der Waals surface area contributed by atoms with Crippen LogP contribution in [0.3, 0.4) is 0 Å². The lowest BCUT2D eigenvalue weighted by molar-refractivity contribution is -0.131. The summed E-state index contributed by atoms with van der Waals surface area (Å²) < 4.78 is 5.21. The molecule has 1 rings (SSSR count). The van der Waals surface area contributed by atoms with E-state index in [-0.39, 0.29) is 5.97 Å². The van der Waals surface area contributed by atoms with E-state index in [1.54, 1.807) is 0 Å². The van der Waals surface area contributed by atoms with Crippen LogP contribution in [-0.2, 0) is 4.79 Å². The van der Waals surface area contributed by atoms with Crippen molar-refractivity contribution in [1.29, 1.82) is 0 Å². The van der Waals surface area contributed by atoms with Crippen LogP contribution in [0.4, 0.5) is 0 Å². The summed E-state index contributed by atoms with van der Waals surface area (Å²) in [6.07, 6.45) is 0. The van der Waals surface area contributed by atoms with Crippen molar-refractivity contribution in [1.82, 2.24) is 0 Å². The summed E-state index contributed by atoms with van der Waals surface area (Å²) in [7, 11) is 0. The van der Waals surface area contributed by atoms with E-state index >= 15 is 0 Å².